The van der Waals surface area contributed by atoms with Crippen LogP contribution in [0.15, 0.2) is 53.7 Å². The second-order valence-electron chi connectivity index (χ2n) is 6.19. The van der Waals surface area contributed by atoms with Gasteiger partial charge in [-0.2, -0.15) is 0 Å². The summed E-state index contributed by atoms with van der Waals surface area (Å²) in [5.74, 6) is -0.760. The van der Waals surface area contributed by atoms with E-state index >= 15 is 0 Å². The van der Waals surface area contributed by atoms with Gasteiger partial charge in [-0.3, -0.25) is 19.1 Å². The molecule has 1 N–H and O–H groups in total. The number of amides is 1. The Morgan fingerprint density at radius 3 is 2.43 bits per heavy atom. The zero-order valence-corrected chi connectivity index (χ0v) is 16.6. The first-order valence-corrected chi connectivity index (χ1v) is 11.2. The van der Waals surface area contributed by atoms with E-state index in [9.17, 15) is 18.0 Å². The van der Waals surface area contributed by atoms with E-state index in [1.807, 2.05) is 0 Å². The lowest BCUT2D eigenvalue weighted by Gasteiger charge is -2.22. The quantitative estimate of drug-likeness (QED) is 0.655. The van der Waals surface area contributed by atoms with Crippen molar-refractivity contribution in [2.75, 3.05) is 10.2 Å². The Labute approximate surface area is 164 Å². The summed E-state index contributed by atoms with van der Waals surface area (Å²) in [6.45, 7) is 2.65. The number of hydrogen-bond acceptors (Lipinski definition) is 7. The fourth-order valence-corrected chi connectivity index (χ4v) is 6.40. The highest BCUT2D eigenvalue weighted by atomic mass is 33.1. The summed E-state index contributed by atoms with van der Waals surface area (Å²) >= 11 is 0. The van der Waals surface area contributed by atoms with Crippen LogP contribution in [0.25, 0.3) is 11.0 Å². The summed E-state index contributed by atoms with van der Waals surface area (Å²) < 4.78 is 27.4. The van der Waals surface area contributed by atoms with Gasteiger partial charge in [0.05, 0.1) is 22.4 Å². The van der Waals surface area contributed by atoms with Crippen molar-refractivity contribution in [1.29, 1.82) is 0 Å². The SMILES string of the molecule is CC(=O)N1c2ccccc2NC1SS(=O)(=O)c1nc2ccccc2n1C(C)=O. The van der Waals surface area contributed by atoms with E-state index in [0.717, 1.165) is 4.57 Å². The van der Waals surface area contributed by atoms with E-state index < -0.39 is 20.3 Å². The number of nitrogens with zero attached hydrogens (tertiary/aromatic N) is 3. The number of rotatable bonds is 3. The van der Waals surface area contributed by atoms with Crippen molar-refractivity contribution in [2.24, 2.45) is 0 Å². The number of benzene rings is 2. The van der Waals surface area contributed by atoms with Crippen molar-refractivity contribution in [3.63, 3.8) is 0 Å². The van der Waals surface area contributed by atoms with Crippen molar-refractivity contribution in [2.45, 2.75) is 24.5 Å². The van der Waals surface area contributed by atoms with Crippen LogP contribution in [0.4, 0.5) is 11.4 Å². The van der Waals surface area contributed by atoms with E-state index in [-0.39, 0.29) is 11.1 Å². The highest BCUT2D eigenvalue weighted by Crippen LogP contribution is 2.41. The molecule has 2 aromatic carbocycles. The minimum atomic E-state index is -4.07. The molecule has 0 fully saturated rings. The first-order chi connectivity index (χ1) is 13.3. The van der Waals surface area contributed by atoms with Crippen LogP contribution in [0.5, 0.6) is 0 Å². The minimum Gasteiger partial charge on any atom is -0.354 e. The van der Waals surface area contributed by atoms with Gasteiger partial charge in [0.25, 0.3) is 8.87 Å². The maximum absolute atomic E-state index is 13.2. The summed E-state index contributed by atoms with van der Waals surface area (Å²) in [5, 5.41) is 2.69. The van der Waals surface area contributed by atoms with Gasteiger partial charge in [-0.05, 0) is 24.3 Å². The molecular weight excluding hydrogens is 400 g/mol. The number of anilines is 2. The molecule has 0 aliphatic carbocycles. The molecular formula is C18H16N4O4S2. The highest BCUT2D eigenvalue weighted by molar-refractivity contribution is 8.72. The molecule has 1 aliphatic heterocycles. The van der Waals surface area contributed by atoms with Crippen LogP contribution in [-0.2, 0) is 13.7 Å². The summed E-state index contributed by atoms with van der Waals surface area (Å²) in [4.78, 5) is 29.8. The average molecular weight is 416 g/mol. The molecule has 3 aromatic rings. The van der Waals surface area contributed by atoms with Gasteiger partial charge in [-0.25, -0.2) is 13.4 Å². The molecule has 0 spiro atoms. The van der Waals surface area contributed by atoms with Crippen molar-refractivity contribution in [1.82, 2.24) is 9.55 Å². The first kappa shape index (κ1) is 18.5. The molecule has 0 saturated carbocycles. The largest absolute Gasteiger partial charge is 0.354 e. The number of aromatic nitrogens is 2. The summed E-state index contributed by atoms with van der Waals surface area (Å²) in [5.41, 5.74) is 1.21. The Morgan fingerprint density at radius 1 is 1.04 bits per heavy atom. The van der Waals surface area contributed by atoms with Crippen LogP contribution >= 0.6 is 10.8 Å². The van der Waals surface area contributed by atoms with Crippen LogP contribution in [-0.4, -0.2) is 35.3 Å². The van der Waals surface area contributed by atoms with Crippen molar-refractivity contribution in [3.8, 4) is 0 Å². The molecule has 1 unspecified atom stereocenters. The number of para-hydroxylation sites is 4. The zero-order chi connectivity index (χ0) is 20.1. The van der Waals surface area contributed by atoms with Gasteiger partial charge in [-0.1, -0.05) is 24.3 Å². The van der Waals surface area contributed by atoms with Crippen molar-refractivity contribution < 1.29 is 18.0 Å². The maximum Gasteiger partial charge on any atom is 0.267 e. The number of carbonyl (C=O) groups is 2. The second-order valence-corrected chi connectivity index (χ2v) is 10.00. The first-order valence-electron chi connectivity index (χ1n) is 8.36. The Balaban J connectivity index is 1.77. The molecule has 2 heterocycles. The fraction of sp³-hybridized carbons (Fsp3) is 0.167. The fourth-order valence-electron chi connectivity index (χ4n) is 3.17. The summed E-state index contributed by atoms with van der Waals surface area (Å²) in [7, 11) is -3.54. The molecule has 4 rings (SSSR count). The maximum atomic E-state index is 13.2. The Kier molecular flexibility index (Phi) is 4.39. The van der Waals surface area contributed by atoms with Gasteiger partial charge in [-0.15, -0.1) is 0 Å². The van der Waals surface area contributed by atoms with Crippen molar-refractivity contribution in [3.05, 3.63) is 48.5 Å². The summed E-state index contributed by atoms with van der Waals surface area (Å²) in [6, 6.07) is 13.8. The van der Waals surface area contributed by atoms with Crippen molar-refractivity contribution >= 4 is 53.9 Å². The molecule has 1 amide bonds. The van der Waals surface area contributed by atoms with E-state index in [4.69, 9.17) is 0 Å². The van der Waals surface area contributed by atoms with Gasteiger partial charge in [0.2, 0.25) is 17.0 Å². The third-order valence-electron chi connectivity index (χ3n) is 4.30. The molecule has 28 heavy (non-hydrogen) atoms. The van der Waals surface area contributed by atoms with Gasteiger partial charge < -0.3 is 5.32 Å². The second kappa shape index (κ2) is 6.64. The number of carbonyl (C=O) groups excluding carboxylic acids is 2. The van der Waals surface area contributed by atoms with Crippen LogP contribution in [0.3, 0.4) is 0 Å². The van der Waals surface area contributed by atoms with E-state index in [2.05, 4.69) is 10.3 Å². The third-order valence-corrected chi connectivity index (χ3v) is 7.54. The number of nitrogens with one attached hydrogen (secondary N) is 1. The molecule has 0 bridgehead atoms. The number of imidazole rings is 1. The van der Waals surface area contributed by atoms with Crippen LogP contribution < -0.4 is 10.2 Å². The molecule has 10 heteroatoms. The monoisotopic (exact) mass is 416 g/mol. The predicted octanol–water partition coefficient (Wildman–Crippen LogP) is 2.88. The topological polar surface area (TPSA) is 101 Å². The number of fused-ring (bicyclic) bond motifs is 2. The lowest BCUT2D eigenvalue weighted by atomic mass is 10.3. The van der Waals surface area contributed by atoms with Crippen LogP contribution in [0.1, 0.15) is 18.6 Å². The van der Waals surface area contributed by atoms with Gasteiger partial charge >= 0.3 is 0 Å². The lowest BCUT2D eigenvalue weighted by molar-refractivity contribution is -0.116. The van der Waals surface area contributed by atoms with E-state index in [1.54, 1.807) is 48.5 Å². The van der Waals surface area contributed by atoms with Crippen LogP contribution in [0, 0.1) is 0 Å². The van der Waals surface area contributed by atoms with E-state index in [1.165, 1.54) is 18.7 Å². The molecule has 8 nitrogen and oxygen atoms in total. The zero-order valence-electron chi connectivity index (χ0n) is 15.0. The molecule has 1 atom stereocenters. The summed E-state index contributed by atoms with van der Waals surface area (Å²) in [6.07, 6.45) is 0. The lowest BCUT2D eigenvalue weighted by Crippen LogP contribution is -2.37. The molecule has 1 aromatic heterocycles. The van der Waals surface area contributed by atoms with E-state index in [0.29, 0.717) is 33.2 Å². The van der Waals surface area contributed by atoms with Gasteiger partial charge in [0.15, 0.2) is 5.50 Å². The highest BCUT2D eigenvalue weighted by Gasteiger charge is 2.38. The smallest absolute Gasteiger partial charge is 0.267 e. The van der Waals surface area contributed by atoms with Gasteiger partial charge in [0.1, 0.15) is 0 Å². The standard InChI is InChI=1S/C18H16N4O4S2/c1-11(23)21-15-9-5-3-7-13(15)19-17(21)27-28(25,26)18-20-14-8-4-6-10-16(14)22(18)12(2)24/h3-10,17,19H,1-2H3. The Morgan fingerprint density at radius 2 is 1.71 bits per heavy atom. The molecule has 1 aliphatic rings. The minimum absolute atomic E-state index is 0.301. The van der Waals surface area contributed by atoms with Crippen LogP contribution in [0.2, 0.25) is 0 Å². The predicted molar refractivity (Wildman–Crippen MR) is 108 cm³/mol. The normalized spacial score (nSPS) is 16.1. The Hall–Kier alpha value is -2.85. The number of hydrogen-bond donors (Lipinski definition) is 1. The molecule has 0 saturated heterocycles. The third kappa shape index (κ3) is 2.94. The Bertz CT molecular complexity index is 1220. The molecule has 0 radical (unpaired) electrons. The van der Waals surface area contributed by atoms with Gasteiger partial charge in [0, 0.05) is 24.6 Å². The molecule has 144 valence electrons. The average Bonchev–Trinajstić information content (AvgIpc) is 3.19.